The molecule has 0 amide bonds. The minimum atomic E-state index is -5.38. The van der Waals surface area contributed by atoms with Crippen molar-refractivity contribution in [1.29, 1.82) is 0 Å². The van der Waals surface area contributed by atoms with Crippen molar-refractivity contribution in [2.45, 2.75) is 74.1 Å². The van der Waals surface area contributed by atoms with Gasteiger partial charge in [0, 0.05) is 22.3 Å². The number of ether oxygens (including phenoxy) is 12. The summed E-state index contributed by atoms with van der Waals surface area (Å²) in [7, 11) is 0. The summed E-state index contributed by atoms with van der Waals surface area (Å²) in [6.07, 6.45) is -64.5. The smallest absolute Gasteiger partial charge is 0.422 e. The quantitative estimate of drug-likeness (QED) is 0.0413. The first kappa shape index (κ1) is 102. The Morgan fingerprint density at radius 3 is 0.390 bits per heavy atom. The number of hydrogen-bond donors (Lipinski definition) is 4. The molecule has 0 unspecified atom stereocenters. The van der Waals surface area contributed by atoms with Gasteiger partial charge in [0.05, 0.1) is 155 Å². The second-order valence-corrected chi connectivity index (χ2v) is 32.2. The zero-order valence-corrected chi connectivity index (χ0v) is 71.5. The Hall–Kier alpha value is -15.1. The molecule has 0 radical (unpaired) electrons. The predicted octanol–water partition coefficient (Wildman–Crippen LogP) is 28.2. The van der Waals surface area contributed by atoms with E-state index < -0.39 is 400 Å². The van der Waals surface area contributed by atoms with E-state index in [4.69, 9.17) is 66.8 Å². The van der Waals surface area contributed by atoms with Crippen molar-refractivity contribution in [3.8, 4) is 159 Å². The van der Waals surface area contributed by atoms with Gasteiger partial charge in [-0.15, -0.1) is 0 Å². The average molecular weight is 2120 g/mol. The monoisotopic (exact) mass is 2120 g/mol. The highest BCUT2D eigenvalue weighted by molar-refractivity contribution is 6.19. The van der Waals surface area contributed by atoms with Crippen molar-refractivity contribution in [2.75, 3.05) is 79.3 Å². The Kier molecular flexibility index (Phi) is 25.6. The average Bonchev–Trinajstić information content (AvgIpc) is 1.56. The van der Waals surface area contributed by atoms with Crippen LogP contribution in [0.2, 0.25) is 0 Å². The molecule has 10 heterocycles. The molecule has 4 N–H and O–H groups in total. The Morgan fingerprint density at radius 2 is 0.260 bits per heavy atom. The first-order chi connectivity index (χ1) is 67.7. The third-order valence-electron chi connectivity index (χ3n) is 21.2. The Labute approximate surface area is 785 Å². The number of hydrogen-bond acceptors (Lipinski definition) is 16. The Morgan fingerprint density at radius 1 is 0.151 bits per heavy atom. The van der Waals surface area contributed by atoms with Gasteiger partial charge >= 0.3 is 74.1 Å². The van der Waals surface area contributed by atoms with Gasteiger partial charge < -0.3 is 76.8 Å². The molecule has 0 atom stereocenters. The minimum absolute atomic E-state index is 0.509. The predicted molar refractivity (Wildman–Crippen MR) is 442 cm³/mol. The Balaban J connectivity index is 1.09. The lowest BCUT2D eigenvalue weighted by Gasteiger charge is -2.17. The zero-order chi connectivity index (χ0) is 106. The van der Waals surface area contributed by atoms with Crippen LogP contribution in [0.25, 0.3) is 177 Å². The number of nitrogens with zero attached hydrogens (tertiary/aromatic N) is 4. The fraction of sp³-hybridized carbons (Fsp3) is 0.267. The van der Waals surface area contributed by atoms with Gasteiger partial charge in [0.25, 0.3) is 0 Å². The third-order valence-corrected chi connectivity index (χ3v) is 21.2. The number of aromatic amines is 4. The first-order valence-corrected chi connectivity index (χ1v) is 41.0. The number of aromatic nitrogens is 8. The summed E-state index contributed by atoms with van der Waals surface area (Å²) < 4.78 is 589. The van der Waals surface area contributed by atoms with Crippen molar-refractivity contribution in [2.24, 2.45) is 0 Å². The van der Waals surface area contributed by atoms with Crippen LogP contribution in [-0.4, -0.2) is 193 Å². The molecule has 20 nitrogen and oxygen atoms in total. The number of benzene rings is 7. The molecule has 0 spiro atoms. The fourth-order valence-corrected chi connectivity index (χ4v) is 16.2. The summed E-state index contributed by atoms with van der Waals surface area (Å²) in [4.78, 5) is 29.4. The molecule has 17 rings (SSSR count). The molecular weight excluding hydrogens is 2070 g/mol. The van der Waals surface area contributed by atoms with E-state index in [1.807, 2.05) is 0 Å². The van der Waals surface area contributed by atoms with Crippen molar-refractivity contribution in [3.05, 3.63) is 133 Å². The van der Waals surface area contributed by atoms with Gasteiger partial charge in [-0.25, -0.2) is 19.9 Å². The highest BCUT2D eigenvalue weighted by atomic mass is 19.5. The van der Waals surface area contributed by atoms with Crippen LogP contribution in [0.3, 0.4) is 0 Å². The molecule has 4 aliphatic rings. The summed E-state index contributed by atoms with van der Waals surface area (Å²) in [6.45, 7) is -27.8. The summed E-state index contributed by atoms with van der Waals surface area (Å²) in [5, 5.41) is -6.89. The molecule has 7 aromatic carbocycles. The van der Waals surface area contributed by atoms with Crippen LogP contribution in [0, 0.1) is 0 Å². The lowest BCUT2D eigenvalue weighted by molar-refractivity contribution is -0.154. The van der Waals surface area contributed by atoms with E-state index in [2.05, 4.69) is 29.9 Å². The maximum atomic E-state index is 14.7. The largest absolute Gasteiger partial charge is 0.483 e. The van der Waals surface area contributed by atoms with Gasteiger partial charge in [0.15, 0.2) is 79.3 Å². The Bertz CT molecular complexity index is 6850. The highest BCUT2D eigenvalue weighted by Gasteiger charge is 2.43. The van der Waals surface area contributed by atoms with Gasteiger partial charge in [-0.05, 0) is 133 Å². The summed E-state index contributed by atoms with van der Waals surface area (Å²) in [5.74, 6) is -12.5. The van der Waals surface area contributed by atoms with Crippen LogP contribution in [0.4, 0.5) is 158 Å². The van der Waals surface area contributed by atoms with Gasteiger partial charge in [-0.3, -0.25) is 0 Å². The van der Waals surface area contributed by atoms with Crippen LogP contribution >= 0.6 is 0 Å². The second-order valence-electron chi connectivity index (χ2n) is 32.2. The highest BCUT2D eigenvalue weighted by Crippen LogP contribution is 2.57. The molecule has 16 bridgehead atoms. The number of rotatable bonds is 24. The van der Waals surface area contributed by atoms with E-state index in [9.17, 15) is 158 Å². The van der Waals surface area contributed by atoms with Gasteiger partial charge in [0.2, 0.25) is 0 Å². The summed E-state index contributed by atoms with van der Waals surface area (Å²) >= 11 is 0. The van der Waals surface area contributed by atoms with Crippen LogP contribution in [-0.2, 0) is 0 Å². The molecule has 13 aromatic rings. The number of halogens is 36. The van der Waals surface area contributed by atoms with E-state index in [-0.39, 0.29) is 0 Å². The molecule has 0 saturated heterocycles. The third kappa shape index (κ3) is 23.0. The fourth-order valence-electron chi connectivity index (χ4n) is 16.2. The van der Waals surface area contributed by atoms with Crippen molar-refractivity contribution in [3.63, 3.8) is 0 Å². The van der Waals surface area contributed by atoms with Crippen molar-refractivity contribution >= 4 is 87.2 Å². The molecule has 146 heavy (non-hydrogen) atoms. The van der Waals surface area contributed by atoms with E-state index in [1.165, 1.54) is 0 Å². The molecule has 0 saturated carbocycles. The lowest BCUT2D eigenvalue weighted by Crippen LogP contribution is -2.20. The lowest BCUT2D eigenvalue weighted by atomic mass is 9.94. The van der Waals surface area contributed by atoms with Crippen LogP contribution in [0.15, 0.2) is 133 Å². The van der Waals surface area contributed by atoms with Crippen LogP contribution in [0.1, 0.15) is 0 Å². The van der Waals surface area contributed by atoms with E-state index in [1.54, 1.807) is 0 Å². The molecular formula is C90H50F36N8O12. The van der Waals surface area contributed by atoms with E-state index in [0.717, 1.165) is 36.4 Å². The maximum Gasteiger partial charge on any atom is 0.422 e. The first-order valence-electron chi connectivity index (χ1n) is 41.0. The molecule has 0 fully saturated rings. The maximum absolute atomic E-state index is 14.7. The number of H-pyrrole nitrogens is 4. The zero-order valence-electron chi connectivity index (χ0n) is 71.5. The topological polar surface area (TPSA) is 225 Å². The van der Waals surface area contributed by atoms with Gasteiger partial charge in [0.1, 0.15) is 69.0 Å². The number of alkyl halides is 36. The molecule has 6 aromatic heterocycles. The molecule has 56 heteroatoms. The molecule has 0 aliphatic carbocycles. The number of nitrogens with one attached hydrogen (secondary N) is 4. The van der Waals surface area contributed by atoms with Gasteiger partial charge in [-0.2, -0.15) is 158 Å². The van der Waals surface area contributed by atoms with Crippen LogP contribution in [0.5, 0.6) is 69.0 Å². The second kappa shape index (κ2) is 36.6. The van der Waals surface area contributed by atoms with Crippen molar-refractivity contribution in [1.82, 2.24) is 39.9 Å². The van der Waals surface area contributed by atoms with E-state index >= 15 is 0 Å². The van der Waals surface area contributed by atoms with Gasteiger partial charge in [-0.1, -0.05) is 0 Å². The minimum Gasteiger partial charge on any atom is -0.483 e. The standard InChI is InChI=1S/C90H50F36N8O12/c91-79(92,93)23-135-55-1-5-59(139-27-83(103,104)105)71-47-19-51-75-63(143-31-87(115,116)117)9-10-64(144-32-88(118,119)120)76(75)52(133-51)20-48-72-60(140-28-84(106,107)108)6-2-56(136-24-80(94,95)96)68(72)44(130-48)16-40-36-14-38-37(13-35(36)39(127-40)15-43(129-47)67(55)71)41-17-45-69-57(137-25-81(97,98)99)3-7-61(141-29-85(109,110)111)73(69)49(131-45)21-53-77-65(145-33-89(121,122)123)11-12-66(146-34-90(124,125)126)78(77)54(134-53)22-50-74-62(142-30-86(112,113)114)8-4-58(138-26-82(100,101)102)70(74)46(132-50)18-42(38)128-41/h1-22,129-132H,23-34H2. The number of fused-ring (bicyclic) bond motifs is 40. The summed E-state index contributed by atoms with van der Waals surface area (Å²) in [5.41, 5.74) is -18.7. The normalized spacial score (nSPS) is 13.4. The molecule has 774 valence electrons. The summed E-state index contributed by atoms with van der Waals surface area (Å²) in [6, 6.07) is 14.7. The van der Waals surface area contributed by atoms with Crippen LogP contribution < -0.4 is 56.8 Å². The SMILES string of the molecule is FC(F)(F)COc1ccc(OCC(F)(F)F)c2c1-c1cc3[nH]c(cc4nc(cc5[nH]c(cc-2n1)c1c(OCC(F)(F)F)ccc(OCC(F)(F)F)c51)-c1cc2c(cc1-4)-c1cc4[nH]c(cc5nc(cc6[nH]c(cc-2n1)c1c(OCC(F)(F)F)ccc(OCC(F)(F)F)c61)-c1c(OCC(F)(F)F)ccc(OCC(F)(F)F)c1-5)c1c(OCC(F)(F)F)ccc(OCC(F)(F)F)c41)c1c(OCC(F)(F)F)ccc(OCC(F)(F)F)c31. The molecule has 4 aliphatic heterocycles. The van der Waals surface area contributed by atoms with E-state index in [0.29, 0.717) is 97.1 Å². The van der Waals surface area contributed by atoms with Crippen molar-refractivity contribution < 1.29 is 215 Å².